The number of ether oxygens (including phenoxy) is 1. The predicted molar refractivity (Wildman–Crippen MR) is 100 cm³/mol. The number of nitrogens with zero attached hydrogens (tertiary/aromatic N) is 2. The first kappa shape index (κ1) is 19.2. The van der Waals surface area contributed by atoms with E-state index in [0.717, 1.165) is 11.1 Å². The number of carbonyl (C=O) groups excluding carboxylic acids is 2. The van der Waals surface area contributed by atoms with Gasteiger partial charge in [-0.25, -0.2) is 4.79 Å². The summed E-state index contributed by atoms with van der Waals surface area (Å²) in [7, 11) is 0. The first-order valence-corrected chi connectivity index (χ1v) is 9.40. The van der Waals surface area contributed by atoms with Crippen LogP contribution in [0, 0.1) is 13.8 Å². The van der Waals surface area contributed by atoms with Gasteiger partial charge in [-0.05, 0) is 51.0 Å². The van der Waals surface area contributed by atoms with E-state index in [1.807, 2.05) is 32.0 Å². The maximum absolute atomic E-state index is 12.0. The van der Waals surface area contributed by atoms with Crippen LogP contribution >= 0.6 is 23.1 Å². The molecular formula is C16H20N4O3S2. The third kappa shape index (κ3) is 5.71. The first-order chi connectivity index (χ1) is 11.9. The van der Waals surface area contributed by atoms with E-state index in [1.165, 1.54) is 23.1 Å². The van der Waals surface area contributed by atoms with Crippen LogP contribution in [0.1, 0.15) is 25.0 Å². The Kier molecular flexibility index (Phi) is 6.77. The SMILES string of the molecule is CCOC(=O)[C@H](C)Sc1nnc(NC(=O)Nc2ccc(C)c(C)c2)s1. The second-order valence-electron chi connectivity index (χ2n) is 5.26. The molecule has 0 unspecified atom stereocenters. The van der Waals surface area contributed by atoms with Crippen LogP contribution in [-0.4, -0.2) is 34.1 Å². The van der Waals surface area contributed by atoms with Crippen molar-refractivity contribution in [3.8, 4) is 0 Å². The first-order valence-electron chi connectivity index (χ1n) is 7.71. The van der Waals surface area contributed by atoms with E-state index in [4.69, 9.17) is 4.74 Å². The minimum absolute atomic E-state index is 0.301. The van der Waals surface area contributed by atoms with Gasteiger partial charge in [-0.15, -0.1) is 10.2 Å². The molecular weight excluding hydrogens is 360 g/mol. The zero-order chi connectivity index (χ0) is 18.4. The Hall–Kier alpha value is -2.13. The number of aromatic nitrogens is 2. The Labute approximate surface area is 154 Å². The van der Waals surface area contributed by atoms with Crippen molar-refractivity contribution in [3.63, 3.8) is 0 Å². The Morgan fingerprint density at radius 3 is 2.68 bits per heavy atom. The van der Waals surface area contributed by atoms with Gasteiger partial charge in [0, 0.05) is 5.69 Å². The van der Waals surface area contributed by atoms with Crippen LogP contribution in [-0.2, 0) is 9.53 Å². The van der Waals surface area contributed by atoms with Gasteiger partial charge in [0.05, 0.1) is 6.61 Å². The Morgan fingerprint density at radius 1 is 1.24 bits per heavy atom. The van der Waals surface area contributed by atoms with E-state index < -0.39 is 6.03 Å². The molecule has 0 radical (unpaired) electrons. The molecule has 0 aliphatic carbocycles. The highest BCUT2D eigenvalue weighted by Crippen LogP contribution is 2.29. The third-order valence-electron chi connectivity index (χ3n) is 3.29. The monoisotopic (exact) mass is 380 g/mol. The number of anilines is 2. The summed E-state index contributed by atoms with van der Waals surface area (Å²) in [5, 5.41) is 13.2. The molecule has 2 rings (SSSR count). The van der Waals surface area contributed by atoms with Gasteiger partial charge in [-0.2, -0.15) is 0 Å². The second-order valence-corrected chi connectivity index (χ2v) is 7.83. The molecule has 0 bridgehead atoms. The van der Waals surface area contributed by atoms with Crippen molar-refractivity contribution in [1.29, 1.82) is 0 Å². The molecule has 1 aromatic heterocycles. The number of aryl methyl sites for hydroxylation is 2. The normalized spacial score (nSPS) is 11.7. The van der Waals surface area contributed by atoms with Crippen LogP contribution < -0.4 is 10.6 Å². The summed E-state index contributed by atoms with van der Waals surface area (Å²) < 4.78 is 5.53. The largest absolute Gasteiger partial charge is 0.465 e. The number of hydrogen-bond donors (Lipinski definition) is 2. The van der Waals surface area contributed by atoms with Crippen molar-refractivity contribution < 1.29 is 14.3 Å². The van der Waals surface area contributed by atoms with E-state index in [1.54, 1.807) is 13.8 Å². The quantitative estimate of drug-likeness (QED) is 0.449. The summed E-state index contributed by atoms with van der Waals surface area (Å²) in [6.07, 6.45) is 0. The van der Waals surface area contributed by atoms with Gasteiger partial charge >= 0.3 is 12.0 Å². The second kappa shape index (κ2) is 8.82. The standard InChI is InChI=1S/C16H20N4O3S2/c1-5-23-13(21)11(4)24-16-20-19-15(25-16)18-14(22)17-12-7-6-9(2)10(3)8-12/h6-8,11H,5H2,1-4H3,(H2,17,18,19,22)/t11-/m0/s1. The summed E-state index contributed by atoms with van der Waals surface area (Å²) >= 11 is 2.45. The van der Waals surface area contributed by atoms with Crippen LogP contribution in [0.4, 0.5) is 15.6 Å². The van der Waals surface area contributed by atoms with Crippen LogP contribution in [0.25, 0.3) is 0 Å². The zero-order valence-corrected chi connectivity index (χ0v) is 16.1. The van der Waals surface area contributed by atoms with Gasteiger partial charge in [-0.3, -0.25) is 10.1 Å². The minimum atomic E-state index is -0.394. The van der Waals surface area contributed by atoms with Crippen molar-refractivity contribution in [1.82, 2.24) is 10.2 Å². The lowest BCUT2D eigenvalue weighted by atomic mass is 10.1. The van der Waals surface area contributed by atoms with E-state index in [2.05, 4.69) is 20.8 Å². The molecule has 1 atom stereocenters. The number of esters is 1. The van der Waals surface area contributed by atoms with E-state index in [0.29, 0.717) is 21.8 Å². The summed E-state index contributed by atoms with van der Waals surface area (Å²) in [6.45, 7) is 7.83. The fourth-order valence-corrected chi connectivity index (χ4v) is 3.73. The van der Waals surface area contributed by atoms with Crippen molar-refractivity contribution >= 4 is 45.9 Å². The highest BCUT2D eigenvalue weighted by Gasteiger charge is 2.18. The van der Waals surface area contributed by atoms with Crippen LogP contribution in [0.5, 0.6) is 0 Å². The molecule has 25 heavy (non-hydrogen) atoms. The lowest BCUT2D eigenvalue weighted by Crippen LogP contribution is -2.19. The van der Waals surface area contributed by atoms with E-state index in [9.17, 15) is 9.59 Å². The Balaban J connectivity index is 1.90. The molecule has 0 fully saturated rings. The van der Waals surface area contributed by atoms with E-state index >= 15 is 0 Å². The molecule has 134 valence electrons. The van der Waals surface area contributed by atoms with Gasteiger partial charge in [0.25, 0.3) is 0 Å². The zero-order valence-electron chi connectivity index (χ0n) is 14.5. The van der Waals surface area contributed by atoms with Gasteiger partial charge in [-0.1, -0.05) is 29.2 Å². The lowest BCUT2D eigenvalue weighted by molar-refractivity contribution is -0.142. The highest BCUT2D eigenvalue weighted by atomic mass is 32.2. The lowest BCUT2D eigenvalue weighted by Gasteiger charge is -2.07. The fourth-order valence-electron chi connectivity index (χ4n) is 1.85. The van der Waals surface area contributed by atoms with Crippen LogP contribution in [0.2, 0.25) is 0 Å². The number of hydrogen-bond acceptors (Lipinski definition) is 7. The van der Waals surface area contributed by atoms with Gasteiger partial charge < -0.3 is 10.1 Å². The number of urea groups is 1. The molecule has 2 amide bonds. The maximum atomic E-state index is 12.0. The Bertz CT molecular complexity index is 764. The molecule has 9 heteroatoms. The van der Waals surface area contributed by atoms with Gasteiger partial charge in [0.15, 0.2) is 4.34 Å². The smallest absolute Gasteiger partial charge is 0.325 e. The maximum Gasteiger partial charge on any atom is 0.325 e. The summed E-state index contributed by atoms with van der Waals surface area (Å²) in [5.74, 6) is -0.301. The molecule has 0 aliphatic heterocycles. The highest BCUT2D eigenvalue weighted by molar-refractivity contribution is 8.02. The topological polar surface area (TPSA) is 93.2 Å². The molecule has 2 N–H and O–H groups in total. The summed E-state index contributed by atoms with van der Waals surface area (Å²) in [5.41, 5.74) is 2.96. The molecule has 2 aromatic rings. The molecule has 1 heterocycles. The number of thioether (sulfide) groups is 1. The van der Waals surface area contributed by atoms with E-state index in [-0.39, 0.29) is 11.2 Å². The average Bonchev–Trinajstić information content (AvgIpc) is 2.98. The van der Waals surface area contributed by atoms with Crippen molar-refractivity contribution in [2.45, 2.75) is 37.3 Å². The molecule has 0 saturated heterocycles. The van der Waals surface area contributed by atoms with Gasteiger partial charge in [0.1, 0.15) is 5.25 Å². The molecule has 0 spiro atoms. The van der Waals surface area contributed by atoms with Crippen LogP contribution in [0.3, 0.4) is 0 Å². The Morgan fingerprint density at radius 2 is 2.00 bits per heavy atom. The van der Waals surface area contributed by atoms with Gasteiger partial charge in [0.2, 0.25) is 5.13 Å². The molecule has 0 saturated carbocycles. The summed E-state index contributed by atoms with van der Waals surface area (Å²) in [4.78, 5) is 23.7. The van der Waals surface area contributed by atoms with Crippen molar-refractivity contribution in [2.24, 2.45) is 0 Å². The van der Waals surface area contributed by atoms with Crippen molar-refractivity contribution in [2.75, 3.05) is 17.2 Å². The number of benzene rings is 1. The summed E-state index contributed by atoms with van der Waals surface area (Å²) in [6, 6.07) is 5.29. The predicted octanol–water partition coefficient (Wildman–Crippen LogP) is 3.84. The number of rotatable bonds is 6. The molecule has 1 aromatic carbocycles. The number of carbonyl (C=O) groups is 2. The molecule has 0 aliphatic rings. The molecule has 7 nitrogen and oxygen atoms in total. The van der Waals surface area contributed by atoms with Crippen molar-refractivity contribution in [3.05, 3.63) is 29.3 Å². The third-order valence-corrected chi connectivity index (χ3v) is 5.29. The van der Waals surface area contributed by atoms with Crippen LogP contribution in [0.15, 0.2) is 22.5 Å². The average molecular weight is 380 g/mol. The number of amides is 2. The number of nitrogens with one attached hydrogen (secondary N) is 2. The minimum Gasteiger partial charge on any atom is -0.465 e. The fraction of sp³-hybridized carbons (Fsp3) is 0.375.